The third kappa shape index (κ3) is 3.50. The van der Waals surface area contributed by atoms with Crippen molar-refractivity contribution in [1.82, 2.24) is 9.47 Å². The van der Waals surface area contributed by atoms with Gasteiger partial charge in [0.15, 0.2) is 0 Å². The van der Waals surface area contributed by atoms with Gasteiger partial charge in [-0.2, -0.15) is 0 Å². The molecule has 4 aromatic rings. The summed E-state index contributed by atoms with van der Waals surface area (Å²) in [6, 6.07) is 27.1. The van der Waals surface area contributed by atoms with E-state index >= 15 is 0 Å². The second-order valence-corrected chi connectivity index (χ2v) is 9.40. The van der Waals surface area contributed by atoms with Gasteiger partial charge in [0, 0.05) is 17.6 Å². The topological polar surface area (TPSA) is 37.3 Å². The van der Waals surface area contributed by atoms with Crippen LogP contribution in [0.3, 0.4) is 0 Å². The highest BCUT2D eigenvalue weighted by Gasteiger charge is 2.34. The summed E-state index contributed by atoms with van der Waals surface area (Å²) in [6.45, 7) is 2.67. The molecule has 2 heterocycles. The van der Waals surface area contributed by atoms with E-state index in [0.717, 1.165) is 41.0 Å². The average molecular weight is 448 g/mol. The lowest BCUT2D eigenvalue weighted by Gasteiger charge is -2.32. The molecule has 1 aliphatic carbocycles. The largest absolute Gasteiger partial charge is 0.322 e. The normalized spacial score (nSPS) is 16.7. The van der Waals surface area contributed by atoms with Crippen molar-refractivity contribution in [3.63, 3.8) is 0 Å². The van der Waals surface area contributed by atoms with Crippen LogP contribution >= 0.6 is 0 Å². The number of aromatic nitrogens is 1. The van der Waals surface area contributed by atoms with Crippen molar-refractivity contribution in [2.45, 2.75) is 45.2 Å². The highest BCUT2D eigenvalue weighted by molar-refractivity contribution is 5.91. The van der Waals surface area contributed by atoms with Crippen molar-refractivity contribution in [2.75, 3.05) is 5.32 Å². The van der Waals surface area contributed by atoms with Gasteiger partial charge >= 0.3 is 6.03 Å². The summed E-state index contributed by atoms with van der Waals surface area (Å²) >= 11 is 0. The number of nitrogens with zero attached hydrogens (tertiary/aromatic N) is 2. The van der Waals surface area contributed by atoms with E-state index in [1.807, 2.05) is 4.90 Å². The number of hydrogen-bond acceptors (Lipinski definition) is 1. The van der Waals surface area contributed by atoms with Gasteiger partial charge in [-0.1, -0.05) is 54.6 Å². The number of carbonyl (C=O) groups is 1. The van der Waals surface area contributed by atoms with Crippen molar-refractivity contribution < 1.29 is 4.79 Å². The molecule has 34 heavy (non-hydrogen) atoms. The summed E-state index contributed by atoms with van der Waals surface area (Å²) in [5.74, 6) is 0. The predicted octanol–water partition coefficient (Wildman–Crippen LogP) is 6.80. The zero-order valence-electron chi connectivity index (χ0n) is 19.5. The summed E-state index contributed by atoms with van der Waals surface area (Å²) in [4.78, 5) is 16.1. The summed E-state index contributed by atoms with van der Waals surface area (Å²) < 4.78 is 2.24. The summed E-state index contributed by atoms with van der Waals surface area (Å²) in [5, 5.41) is 3.32. The first-order chi connectivity index (χ1) is 16.7. The van der Waals surface area contributed by atoms with Crippen LogP contribution in [0.1, 0.15) is 52.4 Å². The molecule has 0 saturated carbocycles. The van der Waals surface area contributed by atoms with Gasteiger partial charge in [0.1, 0.15) is 6.04 Å². The molecule has 4 nitrogen and oxygen atoms in total. The Kier molecular flexibility index (Phi) is 5.21. The van der Waals surface area contributed by atoms with Crippen LogP contribution in [-0.4, -0.2) is 15.5 Å². The molecule has 0 radical (unpaired) electrons. The predicted molar refractivity (Wildman–Crippen MR) is 136 cm³/mol. The molecule has 1 aromatic heterocycles. The van der Waals surface area contributed by atoms with Gasteiger partial charge in [-0.15, -0.1) is 0 Å². The molecule has 0 unspecified atom stereocenters. The van der Waals surface area contributed by atoms with E-state index in [2.05, 4.69) is 102 Å². The SMILES string of the molecule is Cc1ccccc1[C@H]1c2cccn2-c2ccccc2CN1C(=O)Nc1cccc2c1CCCC2. The van der Waals surface area contributed by atoms with Gasteiger partial charge in [-0.25, -0.2) is 4.79 Å². The van der Waals surface area contributed by atoms with Crippen LogP contribution in [0.2, 0.25) is 0 Å². The van der Waals surface area contributed by atoms with Crippen LogP contribution in [0.15, 0.2) is 85.1 Å². The molecule has 1 aliphatic heterocycles. The number of aryl methyl sites for hydroxylation is 2. The van der Waals surface area contributed by atoms with Gasteiger partial charge in [0.05, 0.1) is 12.2 Å². The minimum atomic E-state index is -0.192. The van der Waals surface area contributed by atoms with Gasteiger partial charge < -0.3 is 14.8 Å². The Morgan fingerprint density at radius 1 is 0.853 bits per heavy atom. The third-order valence-corrected chi connectivity index (χ3v) is 7.35. The molecule has 1 N–H and O–H groups in total. The van der Waals surface area contributed by atoms with E-state index in [9.17, 15) is 4.79 Å². The van der Waals surface area contributed by atoms with Gasteiger partial charge in [0.25, 0.3) is 0 Å². The number of carbonyl (C=O) groups excluding carboxylic acids is 1. The van der Waals surface area contributed by atoms with Crippen molar-refractivity contribution in [3.8, 4) is 5.69 Å². The van der Waals surface area contributed by atoms with Gasteiger partial charge in [-0.05, 0) is 84.7 Å². The van der Waals surface area contributed by atoms with Crippen molar-refractivity contribution >= 4 is 11.7 Å². The van der Waals surface area contributed by atoms with E-state index in [0.29, 0.717) is 6.54 Å². The Bertz CT molecular complexity index is 1370. The molecule has 2 amide bonds. The van der Waals surface area contributed by atoms with Crippen LogP contribution in [0.25, 0.3) is 5.69 Å². The van der Waals surface area contributed by atoms with E-state index in [-0.39, 0.29) is 12.1 Å². The quantitative estimate of drug-likeness (QED) is 0.360. The number of amides is 2. The van der Waals surface area contributed by atoms with E-state index in [1.54, 1.807) is 0 Å². The maximum atomic E-state index is 14.0. The second kappa shape index (κ2) is 8.53. The molecule has 6 rings (SSSR count). The number of nitrogens with one attached hydrogen (secondary N) is 1. The van der Waals surface area contributed by atoms with Crippen LogP contribution in [0, 0.1) is 6.92 Å². The molecular weight excluding hydrogens is 418 g/mol. The average Bonchev–Trinajstić information content (AvgIpc) is 3.29. The number of para-hydroxylation sites is 1. The number of benzene rings is 3. The lowest BCUT2D eigenvalue weighted by molar-refractivity contribution is 0.194. The molecule has 170 valence electrons. The van der Waals surface area contributed by atoms with Gasteiger partial charge in [0.2, 0.25) is 0 Å². The first-order valence-electron chi connectivity index (χ1n) is 12.2. The number of rotatable bonds is 2. The van der Waals surface area contributed by atoms with Crippen molar-refractivity contribution in [2.24, 2.45) is 0 Å². The highest BCUT2D eigenvalue weighted by Crippen LogP contribution is 2.38. The summed E-state index contributed by atoms with van der Waals surface area (Å²) in [7, 11) is 0. The van der Waals surface area contributed by atoms with E-state index in [4.69, 9.17) is 0 Å². The highest BCUT2D eigenvalue weighted by atomic mass is 16.2. The van der Waals surface area contributed by atoms with Crippen LogP contribution in [-0.2, 0) is 19.4 Å². The molecule has 1 atom stereocenters. The minimum Gasteiger partial charge on any atom is -0.318 e. The fourth-order valence-electron chi connectivity index (χ4n) is 5.65. The molecule has 4 heteroatoms. The fourth-order valence-corrected chi connectivity index (χ4v) is 5.65. The lowest BCUT2D eigenvalue weighted by atomic mass is 9.90. The van der Waals surface area contributed by atoms with Crippen LogP contribution < -0.4 is 5.32 Å². The maximum Gasteiger partial charge on any atom is 0.322 e. The monoisotopic (exact) mass is 447 g/mol. The first kappa shape index (κ1) is 20.8. The zero-order valence-corrected chi connectivity index (χ0v) is 19.5. The Labute approximate surface area is 200 Å². The zero-order chi connectivity index (χ0) is 23.1. The number of anilines is 1. The van der Waals surface area contributed by atoms with Crippen LogP contribution in [0.5, 0.6) is 0 Å². The second-order valence-electron chi connectivity index (χ2n) is 9.40. The van der Waals surface area contributed by atoms with Crippen LogP contribution in [0.4, 0.5) is 10.5 Å². The van der Waals surface area contributed by atoms with E-state index in [1.165, 1.54) is 29.5 Å². The minimum absolute atomic E-state index is 0.0586. The Morgan fingerprint density at radius 3 is 2.56 bits per heavy atom. The number of urea groups is 1. The Balaban J connectivity index is 1.47. The third-order valence-electron chi connectivity index (χ3n) is 7.35. The summed E-state index contributed by atoms with van der Waals surface area (Å²) in [6.07, 6.45) is 6.62. The Hall–Kier alpha value is -3.79. The van der Waals surface area contributed by atoms with Crippen molar-refractivity contribution in [1.29, 1.82) is 0 Å². The smallest absolute Gasteiger partial charge is 0.318 e. The molecule has 3 aromatic carbocycles. The van der Waals surface area contributed by atoms with E-state index < -0.39 is 0 Å². The molecule has 0 fully saturated rings. The number of hydrogen-bond donors (Lipinski definition) is 1. The Morgan fingerprint density at radius 2 is 1.65 bits per heavy atom. The molecule has 2 aliphatic rings. The first-order valence-corrected chi connectivity index (χ1v) is 12.2. The standard InChI is InChI=1S/C30H29N3O/c1-21-10-2-5-14-24(21)29-28-18-9-19-32(28)27-17-7-4-12-23(27)20-33(29)30(34)31-26-16-8-13-22-11-3-6-15-25(22)26/h2,4-5,7-10,12-14,16-19,29H,3,6,11,15,20H2,1H3,(H,31,34)/t29-/m0/s1. The van der Waals surface area contributed by atoms with Crippen molar-refractivity contribution in [3.05, 3.63) is 119 Å². The maximum absolute atomic E-state index is 14.0. The molecule has 0 bridgehead atoms. The summed E-state index contributed by atoms with van der Waals surface area (Å²) in [5.41, 5.74) is 9.34. The molecular formula is C30H29N3O. The fraction of sp³-hybridized carbons (Fsp3) is 0.233. The molecule has 0 spiro atoms. The lowest BCUT2D eigenvalue weighted by Crippen LogP contribution is -2.38. The molecule has 0 saturated heterocycles. The van der Waals surface area contributed by atoms with Gasteiger partial charge in [-0.3, -0.25) is 0 Å². The number of fused-ring (bicyclic) bond motifs is 4.